The number of carbonyl (C=O) groups excluding carboxylic acids is 2. The number of carbonyl (C=O) groups is 2. The number of amides is 3. The second-order valence-corrected chi connectivity index (χ2v) is 8.35. The van der Waals surface area contributed by atoms with Crippen LogP contribution in [0.5, 0.6) is 5.75 Å². The van der Waals surface area contributed by atoms with E-state index >= 15 is 0 Å². The fraction of sp³-hybridized carbons (Fsp3) is 0.250. The lowest BCUT2D eigenvalue weighted by molar-refractivity contribution is -0.115. The number of anilines is 3. The standard InChI is InChI=1S/C24H26Cl2N6O3/c1-5-8-20(33)30-16-10-7-6-9-15(16)29-18-12-19(28-13-27-18)32(3)24(34)31-23-21(25)14(2)11-17(35-4)22(23)26/h5-6,8-9,11-13H,7,10H2,1-4H3,(H,30,33)(H,31,34)(H,27,28,29)/b8-5-. The van der Waals surface area contributed by atoms with Gasteiger partial charge in [-0.1, -0.05) is 35.4 Å². The highest BCUT2D eigenvalue weighted by Gasteiger charge is 2.20. The van der Waals surface area contributed by atoms with Gasteiger partial charge in [-0.2, -0.15) is 0 Å². The third-order valence-corrected chi connectivity index (χ3v) is 5.99. The summed E-state index contributed by atoms with van der Waals surface area (Å²) in [6.07, 6.45) is 9.82. The second-order valence-electron chi connectivity index (χ2n) is 7.60. The van der Waals surface area contributed by atoms with Crippen LogP contribution in [-0.2, 0) is 4.79 Å². The fourth-order valence-corrected chi connectivity index (χ4v) is 3.80. The monoisotopic (exact) mass is 516 g/mol. The first kappa shape index (κ1) is 26.1. The number of urea groups is 1. The number of aryl methyl sites for hydroxylation is 1. The molecule has 11 heteroatoms. The van der Waals surface area contributed by atoms with Gasteiger partial charge < -0.3 is 20.7 Å². The number of hydrogen-bond donors (Lipinski definition) is 3. The highest BCUT2D eigenvalue weighted by atomic mass is 35.5. The fourth-order valence-electron chi connectivity index (χ4n) is 3.28. The Labute approximate surface area is 213 Å². The maximum absolute atomic E-state index is 13.0. The summed E-state index contributed by atoms with van der Waals surface area (Å²) < 4.78 is 5.26. The number of allylic oxidation sites excluding steroid dienone is 4. The molecule has 0 saturated heterocycles. The molecule has 1 aliphatic carbocycles. The summed E-state index contributed by atoms with van der Waals surface area (Å²) in [4.78, 5) is 34.7. The van der Waals surface area contributed by atoms with Crippen LogP contribution in [0.4, 0.5) is 22.1 Å². The summed E-state index contributed by atoms with van der Waals surface area (Å²) in [5.74, 6) is 0.960. The largest absolute Gasteiger partial charge is 0.495 e. The molecule has 0 spiro atoms. The first-order valence-electron chi connectivity index (χ1n) is 10.7. The Balaban J connectivity index is 1.80. The van der Waals surface area contributed by atoms with Gasteiger partial charge in [-0.3, -0.25) is 9.69 Å². The lowest BCUT2D eigenvalue weighted by Gasteiger charge is -2.21. The van der Waals surface area contributed by atoms with Crippen LogP contribution < -0.4 is 25.6 Å². The third kappa shape index (κ3) is 6.32. The Kier molecular flexibility index (Phi) is 8.73. The smallest absolute Gasteiger partial charge is 0.327 e. The molecular formula is C24H26Cl2N6O3. The molecule has 0 aliphatic heterocycles. The van der Waals surface area contributed by atoms with Crippen LogP contribution in [0.25, 0.3) is 0 Å². The molecule has 1 heterocycles. The molecule has 0 saturated carbocycles. The van der Waals surface area contributed by atoms with Crippen molar-refractivity contribution in [3.8, 4) is 5.75 Å². The van der Waals surface area contributed by atoms with Gasteiger partial charge in [0.15, 0.2) is 0 Å². The first-order chi connectivity index (χ1) is 16.7. The van der Waals surface area contributed by atoms with Gasteiger partial charge in [0.1, 0.15) is 28.7 Å². The minimum Gasteiger partial charge on any atom is -0.495 e. The number of ether oxygens (including phenoxy) is 1. The zero-order chi connectivity index (χ0) is 25.5. The van der Waals surface area contributed by atoms with Crippen molar-refractivity contribution >= 4 is 52.5 Å². The number of halogens is 2. The van der Waals surface area contributed by atoms with Crippen molar-refractivity contribution in [2.24, 2.45) is 0 Å². The van der Waals surface area contributed by atoms with Crippen LogP contribution in [0, 0.1) is 6.92 Å². The highest BCUT2D eigenvalue weighted by Crippen LogP contribution is 2.40. The van der Waals surface area contributed by atoms with E-state index in [4.69, 9.17) is 27.9 Å². The average molecular weight is 517 g/mol. The molecule has 1 aromatic carbocycles. The molecule has 0 radical (unpaired) electrons. The van der Waals surface area contributed by atoms with E-state index in [9.17, 15) is 9.59 Å². The minimum atomic E-state index is -0.512. The average Bonchev–Trinajstić information content (AvgIpc) is 2.85. The van der Waals surface area contributed by atoms with Gasteiger partial charge in [0, 0.05) is 18.8 Å². The summed E-state index contributed by atoms with van der Waals surface area (Å²) in [5, 5.41) is 9.30. The Morgan fingerprint density at radius 2 is 1.94 bits per heavy atom. The minimum absolute atomic E-state index is 0.193. The van der Waals surface area contributed by atoms with E-state index in [0.717, 1.165) is 12.1 Å². The van der Waals surface area contributed by atoms with Crippen LogP contribution in [-0.4, -0.2) is 36.1 Å². The topological polar surface area (TPSA) is 108 Å². The van der Waals surface area contributed by atoms with Gasteiger partial charge in [-0.25, -0.2) is 14.8 Å². The summed E-state index contributed by atoms with van der Waals surface area (Å²) in [6, 6.07) is 2.79. The van der Waals surface area contributed by atoms with Crippen molar-refractivity contribution in [1.82, 2.24) is 15.3 Å². The van der Waals surface area contributed by atoms with Crippen LogP contribution in [0.1, 0.15) is 25.3 Å². The molecule has 9 nitrogen and oxygen atoms in total. The van der Waals surface area contributed by atoms with Gasteiger partial charge in [0.05, 0.1) is 23.5 Å². The van der Waals surface area contributed by atoms with Crippen LogP contribution in [0.15, 0.2) is 54.2 Å². The molecule has 2 aromatic rings. The van der Waals surface area contributed by atoms with Crippen molar-refractivity contribution in [3.05, 3.63) is 69.8 Å². The molecule has 1 aromatic heterocycles. The van der Waals surface area contributed by atoms with Gasteiger partial charge in [-0.15, -0.1) is 0 Å². The van der Waals surface area contributed by atoms with Gasteiger partial charge in [-0.05, 0) is 50.5 Å². The van der Waals surface area contributed by atoms with Crippen LogP contribution in [0.3, 0.4) is 0 Å². The maximum Gasteiger partial charge on any atom is 0.327 e. The molecular weight excluding hydrogens is 491 g/mol. The number of benzene rings is 1. The van der Waals surface area contributed by atoms with E-state index in [1.807, 2.05) is 12.2 Å². The molecule has 3 N–H and O–H groups in total. The van der Waals surface area contributed by atoms with Crippen molar-refractivity contribution in [2.45, 2.75) is 26.7 Å². The highest BCUT2D eigenvalue weighted by molar-refractivity contribution is 6.41. The van der Waals surface area contributed by atoms with Gasteiger partial charge in [0.25, 0.3) is 0 Å². The van der Waals surface area contributed by atoms with Crippen LogP contribution >= 0.6 is 23.2 Å². The molecule has 3 rings (SSSR count). The number of nitrogens with one attached hydrogen (secondary N) is 3. The molecule has 35 heavy (non-hydrogen) atoms. The Bertz CT molecular complexity index is 1230. The summed E-state index contributed by atoms with van der Waals surface area (Å²) in [7, 11) is 3.04. The van der Waals surface area contributed by atoms with Gasteiger partial charge in [0.2, 0.25) is 5.91 Å². The van der Waals surface area contributed by atoms with E-state index in [0.29, 0.717) is 40.1 Å². The second kappa shape index (κ2) is 11.7. The van der Waals surface area contributed by atoms with E-state index in [2.05, 4.69) is 25.9 Å². The molecule has 1 aliphatic rings. The summed E-state index contributed by atoms with van der Waals surface area (Å²) >= 11 is 12.7. The Hall–Kier alpha value is -3.56. The molecule has 3 amide bonds. The number of rotatable bonds is 7. The molecule has 0 atom stereocenters. The van der Waals surface area contributed by atoms with Crippen molar-refractivity contribution in [3.63, 3.8) is 0 Å². The van der Waals surface area contributed by atoms with E-state index in [-0.39, 0.29) is 16.6 Å². The molecule has 0 bridgehead atoms. The SMILES string of the molecule is C/C=C\C(=O)NC1=C(Nc2cc(N(C)C(=O)Nc3c(Cl)c(C)cc(OC)c3Cl)ncn2)C=CCC1. The van der Waals surface area contributed by atoms with Crippen molar-refractivity contribution < 1.29 is 14.3 Å². The molecule has 0 fully saturated rings. The molecule has 0 unspecified atom stereocenters. The number of methoxy groups -OCH3 is 1. The van der Waals surface area contributed by atoms with E-state index in [1.165, 1.54) is 24.4 Å². The summed E-state index contributed by atoms with van der Waals surface area (Å²) in [5.41, 5.74) is 2.40. The lowest BCUT2D eigenvalue weighted by atomic mass is 10.1. The quantitative estimate of drug-likeness (QED) is 0.423. The van der Waals surface area contributed by atoms with Crippen molar-refractivity contribution in [1.29, 1.82) is 0 Å². The third-order valence-electron chi connectivity index (χ3n) is 5.13. The zero-order valence-corrected chi connectivity index (χ0v) is 21.3. The Morgan fingerprint density at radius 1 is 1.17 bits per heavy atom. The van der Waals surface area contributed by atoms with Gasteiger partial charge >= 0.3 is 6.03 Å². The normalized spacial score (nSPS) is 13.1. The lowest BCUT2D eigenvalue weighted by Crippen LogP contribution is -2.32. The predicted molar refractivity (Wildman–Crippen MR) is 139 cm³/mol. The number of hydrogen-bond acceptors (Lipinski definition) is 6. The van der Waals surface area contributed by atoms with E-state index in [1.54, 1.807) is 39.1 Å². The van der Waals surface area contributed by atoms with Crippen molar-refractivity contribution in [2.75, 3.05) is 29.7 Å². The Morgan fingerprint density at radius 3 is 2.66 bits per heavy atom. The number of nitrogens with zero attached hydrogens (tertiary/aromatic N) is 3. The first-order valence-corrected chi connectivity index (χ1v) is 11.5. The summed E-state index contributed by atoms with van der Waals surface area (Å²) in [6.45, 7) is 3.56. The number of aromatic nitrogens is 2. The zero-order valence-electron chi connectivity index (χ0n) is 19.8. The maximum atomic E-state index is 13.0. The van der Waals surface area contributed by atoms with Crippen LogP contribution in [0.2, 0.25) is 10.0 Å². The van der Waals surface area contributed by atoms with E-state index < -0.39 is 6.03 Å². The molecule has 184 valence electrons. The predicted octanol–water partition coefficient (Wildman–Crippen LogP) is 5.43.